The minimum absolute atomic E-state index is 0.0965. The molecule has 2 unspecified atom stereocenters. The summed E-state index contributed by atoms with van der Waals surface area (Å²) in [5.74, 6) is -4.41. The van der Waals surface area contributed by atoms with Crippen molar-refractivity contribution in [3.05, 3.63) is 11.3 Å². The lowest BCUT2D eigenvalue weighted by Gasteiger charge is -2.16. The first kappa shape index (κ1) is 13.4. The highest BCUT2D eigenvalue weighted by Crippen LogP contribution is 2.61. The zero-order valence-corrected chi connectivity index (χ0v) is 10.3. The second-order valence-electron chi connectivity index (χ2n) is 5.32. The summed E-state index contributed by atoms with van der Waals surface area (Å²) in [6.45, 7) is 3.86. The molecule has 0 bridgehead atoms. The highest BCUT2D eigenvalue weighted by Gasteiger charge is 2.67. The van der Waals surface area contributed by atoms with Gasteiger partial charge in [-0.25, -0.2) is 8.78 Å². The number of rotatable bonds is 3. The molecule has 0 amide bonds. The highest BCUT2D eigenvalue weighted by atomic mass is 19.3. The van der Waals surface area contributed by atoms with Gasteiger partial charge in [0.05, 0.1) is 5.70 Å². The minimum atomic E-state index is -3.10. The van der Waals surface area contributed by atoms with Crippen LogP contribution >= 0.6 is 0 Å². The van der Waals surface area contributed by atoms with Crippen molar-refractivity contribution in [1.82, 2.24) is 0 Å². The van der Waals surface area contributed by atoms with Crippen molar-refractivity contribution in [3.8, 4) is 0 Å². The quantitative estimate of drug-likeness (QED) is 0.782. The Balaban J connectivity index is 2.39. The van der Waals surface area contributed by atoms with Gasteiger partial charge in [-0.15, -0.1) is 0 Å². The molecule has 0 radical (unpaired) electrons. The smallest absolute Gasteiger partial charge is 0.292 e. The number of aliphatic imine (C=N–C) groups is 1. The Morgan fingerprint density at radius 2 is 2.06 bits per heavy atom. The average molecular weight is 264 g/mol. The fourth-order valence-electron chi connectivity index (χ4n) is 2.38. The van der Waals surface area contributed by atoms with Crippen LogP contribution in [0.15, 0.2) is 16.3 Å². The molecule has 0 spiro atoms. The molecule has 102 valence electrons. The molecule has 2 nitrogen and oxygen atoms in total. The normalized spacial score (nSPS) is 34.3. The van der Waals surface area contributed by atoms with Gasteiger partial charge in [0.2, 0.25) is 0 Å². The molecule has 2 N–H and O–H groups in total. The summed E-state index contributed by atoms with van der Waals surface area (Å²) < 4.78 is 53.0. The van der Waals surface area contributed by atoms with Crippen LogP contribution in [0.4, 0.5) is 17.6 Å². The molecule has 2 aliphatic carbocycles. The van der Waals surface area contributed by atoms with Crippen molar-refractivity contribution in [1.29, 1.82) is 0 Å². The van der Waals surface area contributed by atoms with Crippen LogP contribution in [-0.2, 0) is 0 Å². The van der Waals surface area contributed by atoms with Crippen LogP contribution in [0.25, 0.3) is 0 Å². The van der Waals surface area contributed by atoms with E-state index < -0.39 is 35.6 Å². The van der Waals surface area contributed by atoms with E-state index in [9.17, 15) is 17.6 Å². The maximum atomic E-state index is 13.9. The molecule has 0 aliphatic heterocycles. The first-order valence-electron chi connectivity index (χ1n) is 5.97. The summed E-state index contributed by atoms with van der Waals surface area (Å²) in [5, 5.41) is 0. The fourth-order valence-corrected chi connectivity index (χ4v) is 2.38. The highest BCUT2D eigenvalue weighted by molar-refractivity contribution is 6.10. The molecule has 0 aromatic rings. The van der Waals surface area contributed by atoms with Gasteiger partial charge in [0.25, 0.3) is 12.3 Å². The van der Waals surface area contributed by atoms with Gasteiger partial charge in [-0.1, -0.05) is 13.8 Å². The van der Waals surface area contributed by atoms with Gasteiger partial charge in [0.15, 0.2) is 0 Å². The van der Waals surface area contributed by atoms with E-state index in [0.29, 0.717) is 0 Å². The maximum absolute atomic E-state index is 13.9. The van der Waals surface area contributed by atoms with Crippen LogP contribution in [0.1, 0.15) is 20.3 Å². The standard InChI is InChI=1S/C12H16F4N2/c1-5(2)4-18-10-8(9(17)11(13)14)6-3-7(6)12(10,15)16/h5-7,11H,3-4,17H2,1-2H3/b9-8-,18-10?. The number of allylic oxidation sites excluding steroid dienone is 2. The largest absolute Gasteiger partial charge is 0.397 e. The van der Waals surface area contributed by atoms with Crippen molar-refractivity contribution in [3.63, 3.8) is 0 Å². The van der Waals surface area contributed by atoms with Crippen molar-refractivity contribution < 1.29 is 17.6 Å². The SMILES string of the molecule is CC(C)CN=C1/C(=C(\N)C(F)F)C2CC2C1(F)F. The molecule has 0 aromatic heterocycles. The Morgan fingerprint density at radius 1 is 1.44 bits per heavy atom. The summed E-state index contributed by atoms with van der Waals surface area (Å²) in [6, 6.07) is 0. The molecule has 2 fully saturated rings. The zero-order chi connectivity index (χ0) is 13.7. The fraction of sp³-hybridized carbons (Fsp3) is 0.750. The molecule has 2 aliphatic rings. The van der Waals surface area contributed by atoms with Crippen molar-refractivity contribution in [2.45, 2.75) is 32.6 Å². The summed E-state index contributed by atoms with van der Waals surface area (Å²) >= 11 is 0. The number of hydrogen-bond donors (Lipinski definition) is 1. The third kappa shape index (κ3) is 2.01. The van der Waals surface area contributed by atoms with E-state index in [2.05, 4.69) is 4.99 Å². The number of nitrogens with two attached hydrogens (primary N) is 1. The Labute approximate surface area is 103 Å². The van der Waals surface area contributed by atoms with Crippen molar-refractivity contribution in [2.75, 3.05) is 6.54 Å². The molecule has 0 heterocycles. The third-order valence-corrected chi connectivity index (χ3v) is 3.36. The van der Waals surface area contributed by atoms with Gasteiger partial charge in [-0.2, -0.15) is 8.78 Å². The zero-order valence-electron chi connectivity index (χ0n) is 10.3. The third-order valence-electron chi connectivity index (χ3n) is 3.36. The predicted molar refractivity (Wildman–Crippen MR) is 60.9 cm³/mol. The molecule has 0 saturated heterocycles. The molecular formula is C12H16F4N2. The van der Waals surface area contributed by atoms with Gasteiger partial charge in [-0.05, 0) is 18.3 Å². The van der Waals surface area contributed by atoms with Crippen LogP contribution in [0.3, 0.4) is 0 Å². The average Bonchev–Trinajstić information content (AvgIpc) is 2.98. The van der Waals surface area contributed by atoms with E-state index >= 15 is 0 Å². The summed E-state index contributed by atoms with van der Waals surface area (Å²) in [6.07, 6.45) is -2.67. The molecule has 2 atom stereocenters. The van der Waals surface area contributed by atoms with Crippen molar-refractivity contribution in [2.24, 2.45) is 28.5 Å². The van der Waals surface area contributed by atoms with Gasteiger partial charge >= 0.3 is 0 Å². The number of halogens is 4. The summed E-state index contributed by atoms with van der Waals surface area (Å²) in [5.41, 5.74) is 3.94. The Bertz CT molecular complexity index is 412. The molecule has 2 rings (SSSR count). The number of fused-ring (bicyclic) bond motifs is 1. The van der Waals surface area contributed by atoms with E-state index in [1.165, 1.54) is 0 Å². The maximum Gasteiger partial charge on any atom is 0.292 e. The lowest BCUT2D eigenvalue weighted by atomic mass is 10.0. The summed E-state index contributed by atoms with van der Waals surface area (Å²) in [4.78, 5) is 3.84. The van der Waals surface area contributed by atoms with E-state index in [4.69, 9.17) is 5.73 Å². The van der Waals surface area contributed by atoms with Crippen LogP contribution in [0.2, 0.25) is 0 Å². The number of hydrogen-bond acceptors (Lipinski definition) is 2. The first-order valence-corrected chi connectivity index (χ1v) is 5.97. The van der Waals surface area contributed by atoms with Crippen LogP contribution < -0.4 is 5.73 Å². The molecule has 18 heavy (non-hydrogen) atoms. The van der Waals surface area contributed by atoms with Crippen molar-refractivity contribution >= 4 is 5.71 Å². The summed E-state index contributed by atoms with van der Waals surface area (Å²) in [7, 11) is 0. The minimum Gasteiger partial charge on any atom is -0.397 e. The van der Waals surface area contributed by atoms with Crippen LogP contribution in [-0.4, -0.2) is 24.6 Å². The van der Waals surface area contributed by atoms with Gasteiger partial charge in [0.1, 0.15) is 5.71 Å². The van der Waals surface area contributed by atoms with E-state index in [0.717, 1.165) is 0 Å². The monoisotopic (exact) mass is 264 g/mol. The number of alkyl halides is 4. The molecule has 2 saturated carbocycles. The van der Waals surface area contributed by atoms with E-state index in [-0.39, 0.29) is 24.5 Å². The van der Waals surface area contributed by atoms with Gasteiger partial charge < -0.3 is 5.73 Å². The topological polar surface area (TPSA) is 38.4 Å². The van der Waals surface area contributed by atoms with E-state index in [1.807, 2.05) is 13.8 Å². The molecule has 6 heteroatoms. The van der Waals surface area contributed by atoms with Gasteiger partial charge in [-0.3, -0.25) is 4.99 Å². The van der Waals surface area contributed by atoms with Gasteiger partial charge in [0, 0.05) is 18.0 Å². The molecular weight excluding hydrogens is 248 g/mol. The van der Waals surface area contributed by atoms with E-state index in [1.54, 1.807) is 0 Å². The Morgan fingerprint density at radius 3 is 2.56 bits per heavy atom. The lowest BCUT2D eigenvalue weighted by Crippen LogP contribution is -2.30. The van der Waals surface area contributed by atoms with Crippen LogP contribution in [0.5, 0.6) is 0 Å². The predicted octanol–water partition coefficient (Wildman–Crippen LogP) is 2.85. The lowest BCUT2D eigenvalue weighted by molar-refractivity contribution is 0.0576. The first-order chi connectivity index (χ1) is 8.26. The second-order valence-corrected chi connectivity index (χ2v) is 5.32. The second kappa shape index (κ2) is 4.24. The van der Waals surface area contributed by atoms with Crippen LogP contribution in [0, 0.1) is 17.8 Å². The Kier molecular flexibility index (Phi) is 3.15. The molecule has 0 aromatic carbocycles. The Hall–Kier alpha value is -1.07. The number of nitrogens with zero attached hydrogens (tertiary/aromatic N) is 1.